The molecular formula is C18H22N2O4. The lowest BCUT2D eigenvalue weighted by Gasteiger charge is -2.11. The number of urea groups is 1. The Kier molecular flexibility index (Phi) is 6.31. The van der Waals surface area contributed by atoms with Crippen LogP contribution in [0, 0.1) is 0 Å². The molecule has 128 valence electrons. The molecule has 0 heterocycles. The summed E-state index contributed by atoms with van der Waals surface area (Å²) in [5, 5.41) is 5.59. The summed E-state index contributed by atoms with van der Waals surface area (Å²) in [7, 11) is 4.75. The molecule has 2 rings (SSSR count). The summed E-state index contributed by atoms with van der Waals surface area (Å²) in [6.07, 6.45) is 0.739. The van der Waals surface area contributed by atoms with E-state index in [1.54, 1.807) is 39.5 Å². The number of anilines is 1. The zero-order chi connectivity index (χ0) is 17.4. The van der Waals surface area contributed by atoms with Crippen LogP contribution >= 0.6 is 0 Å². The molecule has 0 atom stereocenters. The molecule has 6 heteroatoms. The van der Waals surface area contributed by atoms with Crippen LogP contribution in [0.5, 0.6) is 17.2 Å². The second kappa shape index (κ2) is 8.67. The van der Waals surface area contributed by atoms with E-state index in [2.05, 4.69) is 10.6 Å². The van der Waals surface area contributed by atoms with Crippen molar-refractivity contribution in [2.24, 2.45) is 0 Å². The van der Waals surface area contributed by atoms with Crippen molar-refractivity contribution in [3.63, 3.8) is 0 Å². The third-order valence-corrected chi connectivity index (χ3v) is 3.50. The molecule has 0 aromatic heterocycles. The first-order valence-corrected chi connectivity index (χ1v) is 7.56. The van der Waals surface area contributed by atoms with Crippen LogP contribution in [0.15, 0.2) is 42.5 Å². The van der Waals surface area contributed by atoms with Crippen molar-refractivity contribution in [3.8, 4) is 17.2 Å². The van der Waals surface area contributed by atoms with Crippen molar-refractivity contribution in [1.82, 2.24) is 5.32 Å². The van der Waals surface area contributed by atoms with Gasteiger partial charge in [-0.05, 0) is 36.2 Å². The summed E-state index contributed by atoms with van der Waals surface area (Å²) in [5.41, 5.74) is 1.76. The van der Waals surface area contributed by atoms with Gasteiger partial charge < -0.3 is 24.8 Å². The predicted octanol–water partition coefficient (Wildman–Crippen LogP) is 3.08. The van der Waals surface area contributed by atoms with Crippen molar-refractivity contribution in [1.29, 1.82) is 0 Å². The number of benzene rings is 2. The quantitative estimate of drug-likeness (QED) is 0.818. The van der Waals surface area contributed by atoms with E-state index in [-0.39, 0.29) is 6.03 Å². The fraction of sp³-hybridized carbons (Fsp3) is 0.278. The van der Waals surface area contributed by atoms with Crippen molar-refractivity contribution < 1.29 is 19.0 Å². The first-order valence-electron chi connectivity index (χ1n) is 7.56. The highest BCUT2D eigenvalue weighted by Gasteiger charge is 2.07. The van der Waals surface area contributed by atoms with Gasteiger partial charge in [-0.1, -0.05) is 12.1 Å². The maximum Gasteiger partial charge on any atom is 0.319 e. The first-order chi connectivity index (χ1) is 11.7. The highest BCUT2D eigenvalue weighted by atomic mass is 16.5. The minimum absolute atomic E-state index is 0.268. The number of nitrogens with one attached hydrogen (secondary N) is 2. The smallest absolute Gasteiger partial charge is 0.319 e. The van der Waals surface area contributed by atoms with Gasteiger partial charge in [0.2, 0.25) is 0 Å². The number of amides is 2. The van der Waals surface area contributed by atoms with E-state index in [9.17, 15) is 4.79 Å². The second-order valence-electron chi connectivity index (χ2n) is 5.05. The van der Waals surface area contributed by atoms with Crippen LogP contribution in [0.1, 0.15) is 5.56 Å². The molecule has 6 nitrogen and oxygen atoms in total. The molecule has 0 saturated carbocycles. The number of methoxy groups -OCH3 is 3. The molecule has 0 saturated heterocycles. The second-order valence-corrected chi connectivity index (χ2v) is 5.05. The lowest BCUT2D eigenvalue weighted by Crippen LogP contribution is -2.30. The molecule has 0 aliphatic carbocycles. The van der Waals surface area contributed by atoms with Crippen LogP contribution in [0.3, 0.4) is 0 Å². The Bertz CT molecular complexity index is 671. The van der Waals surface area contributed by atoms with E-state index in [4.69, 9.17) is 14.2 Å². The molecule has 2 N–H and O–H groups in total. The van der Waals surface area contributed by atoms with Gasteiger partial charge in [0.25, 0.3) is 0 Å². The Morgan fingerprint density at radius 1 is 0.917 bits per heavy atom. The monoisotopic (exact) mass is 330 g/mol. The molecule has 0 aliphatic heterocycles. The Morgan fingerprint density at radius 2 is 1.62 bits per heavy atom. The first kappa shape index (κ1) is 17.5. The van der Waals surface area contributed by atoms with E-state index in [0.29, 0.717) is 23.7 Å². The number of carbonyl (C=O) groups excluding carboxylic acids is 1. The summed E-state index contributed by atoms with van der Waals surface area (Å²) in [6, 6.07) is 12.7. The van der Waals surface area contributed by atoms with E-state index in [0.717, 1.165) is 17.7 Å². The van der Waals surface area contributed by atoms with Crippen LogP contribution in [0.2, 0.25) is 0 Å². The normalized spacial score (nSPS) is 9.96. The number of rotatable bonds is 7. The highest BCUT2D eigenvalue weighted by Crippen LogP contribution is 2.29. The topological polar surface area (TPSA) is 68.8 Å². The maximum atomic E-state index is 11.9. The summed E-state index contributed by atoms with van der Waals surface area (Å²) in [6.45, 7) is 0.533. The Morgan fingerprint density at radius 3 is 2.25 bits per heavy atom. The lowest BCUT2D eigenvalue weighted by molar-refractivity contribution is 0.252. The van der Waals surface area contributed by atoms with Crippen LogP contribution in [0.4, 0.5) is 10.5 Å². The van der Waals surface area contributed by atoms with Gasteiger partial charge in [0.05, 0.1) is 21.3 Å². The van der Waals surface area contributed by atoms with Crippen LogP contribution in [-0.4, -0.2) is 33.9 Å². The van der Waals surface area contributed by atoms with Gasteiger partial charge in [-0.25, -0.2) is 4.79 Å². The molecule has 2 amide bonds. The van der Waals surface area contributed by atoms with E-state index < -0.39 is 0 Å². The molecule has 0 bridgehead atoms. The number of ether oxygens (including phenoxy) is 3. The van der Waals surface area contributed by atoms with Crippen molar-refractivity contribution in [2.75, 3.05) is 33.2 Å². The lowest BCUT2D eigenvalue weighted by atomic mass is 10.1. The number of hydrogen-bond acceptors (Lipinski definition) is 4. The fourth-order valence-electron chi connectivity index (χ4n) is 2.20. The molecule has 0 spiro atoms. The average molecular weight is 330 g/mol. The van der Waals surface area contributed by atoms with Gasteiger partial charge in [0.15, 0.2) is 11.5 Å². The Labute approximate surface area is 141 Å². The molecule has 2 aromatic rings. The van der Waals surface area contributed by atoms with Gasteiger partial charge >= 0.3 is 6.03 Å². The van der Waals surface area contributed by atoms with Gasteiger partial charge in [0, 0.05) is 18.3 Å². The van der Waals surface area contributed by atoms with Crippen molar-refractivity contribution in [3.05, 3.63) is 48.0 Å². The van der Waals surface area contributed by atoms with Crippen LogP contribution in [0.25, 0.3) is 0 Å². The molecule has 0 radical (unpaired) electrons. The minimum atomic E-state index is -0.268. The van der Waals surface area contributed by atoms with Gasteiger partial charge in [-0.2, -0.15) is 0 Å². The molecule has 2 aromatic carbocycles. The zero-order valence-electron chi connectivity index (χ0n) is 14.1. The SMILES string of the molecule is COc1ccc(CCNC(=O)Nc2ccc(OC)c(OC)c2)cc1. The van der Waals surface area contributed by atoms with E-state index >= 15 is 0 Å². The zero-order valence-corrected chi connectivity index (χ0v) is 14.1. The Hall–Kier alpha value is -2.89. The third kappa shape index (κ3) is 4.81. The highest BCUT2D eigenvalue weighted by molar-refractivity contribution is 5.89. The fourth-order valence-corrected chi connectivity index (χ4v) is 2.20. The maximum absolute atomic E-state index is 11.9. The minimum Gasteiger partial charge on any atom is -0.497 e. The van der Waals surface area contributed by atoms with Gasteiger partial charge in [-0.3, -0.25) is 0 Å². The Balaban J connectivity index is 1.82. The number of carbonyl (C=O) groups is 1. The summed E-state index contributed by atoms with van der Waals surface area (Å²) in [4.78, 5) is 11.9. The van der Waals surface area contributed by atoms with Crippen molar-refractivity contribution >= 4 is 11.7 Å². The summed E-state index contributed by atoms with van der Waals surface area (Å²) in [5.74, 6) is 1.99. The largest absolute Gasteiger partial charge is 0.497 e. The molecule has 0 fully saturated rings. The number of hydrogen-bond donors (Lipinski definition) is 2. The van der Waals surface area contributed by atoms with Crippen molar-refractivity contribution in [2.45, 2.75) is 6.42 Å². The van der Waals surface area contributed by atoms with Gasteiger partial charge in [0.1, 0.15) is 5.75 Å². The standard InChI is InChI=1S/C18H22N2O4/c1-22-15-7-4-13(5-8-15)10-11-19-18(21)20-14-6-9-16(23-2)17(12-14)24-3/h4-9,12H,10-11H2,1-3H3,(H2,19,20,21). The summed E-state index contributed by atoms with van der Waals surface area (Å²) >= 11 is 0. The molecule has 0 unspecified atom stereocenters. The molecular weight excluding hydrogens is 308 g/mol. The third-order valence-electron chi connectivity index (χ3n) is 3.50. The van der Waals surface area contributed by atoms with Crippen LogP contribution < -0.4 is 24.8 Å². The average Bonchev–Trinajstić information content (AvgIpc) is 2.62. The molecule has 0 aliphatic rings. The molecule has 24 heavy (non-hydrogen) atoms. The predicted molar refractivity (Wildman–Crippen MR) is 93.3 cm³/mol. The van der Waals surface area contributed by atoms with E-state index in [1.165, 1.54) is 0 Å². The van der Waals surface area contributed by atoms with Gasteiger partial charge in [-0.15, -0.1) is 0 Å². The van der Waals surface area contributed by atoms with Crippen LogP contribution in [-0.2, 0) is 6.42 Å². The summed E-state index contributed by atoms with van der Waals surface area (Å²) < 4.78 is 15.5. The van der Waals surface area contributed by atoms with E-state index in [1.807, 2.05) is 24.3 Å².